The highest BCUT2D eigenvalue weighted by molar-refractivity contribution is 7.25. The third kappa shape index (κ3) is 4.68. The van der Waals surface area contributed by atoms with E-state index in [1.165, 1.54) is 92.6 Å². The van der Waals surface area contributed by atoms with Crippen LogP contribution < -0.4 is 4.90 Å². The number of hydrogen-bond donors (Lipinski definition) is 0. The summed E-state index contributed by atoms with van der Waals surface area (Å²) in [7, 11) is 0. The number of anilines is 3. The quantitative estimate of drug-likeness (QED) is 0.170. The molecule has 0 saturated heterocycles. The molecule has 0 fully saturated rings. The molecule has 1 aromatic heterocycles. The smallest absolute Gasteiger partial charge is 0.0726 e. The molecular weight excluding hydrogens is 707 g/mol. The summed E-state index contributed by atoms with van der Waals surface area (Å²) in [5.41, 5.74) is 18.6. The van der Waals surface area contributed by atoms with E-state index in [4.69, 9.17) is 0 Å². The molecule has 12 rings (SSSR count). The van der Waals surface area contributed by atoms with E-state index >= 15 is 0 Å². The lowest BCUT2D eigenvalue weighted by atomic mass is 9.70. The van der Waals surface area contributed by atoms with Gasteiger partial charge in [-0.2, -0.15) is 0 Å². The zero-order valence-corrected chi connectivity index (χ0v) is 31.9. The number of rotatable bonds is 5. The number of fused-ring (bicyclic) bond motifs is 13. The third-order valence-electron chi connectivity index (χ3n) is 12.3. The van der Waals surface area contributed by atoms with Gasteiger partial charge in [0.05, 0.1) is 11.1 Å². The van der Waals surface area contributed by atoms with Crippen molar-refractivity contribution in [3.05, 3.63) is 235 Å². The molecule has 0 bridgehead atoms. The fraction of sp³-hybridized carbons (Fsp3) is 0.0182. The van der Waals surface area contributed by atoms with Crippen molar-refractivity contribution in [3.63, 3.8) is 0 Å². The summed E-state index contributed by atoms with van der Waals surface area (Å²) in [5.74, 6) is 0. The summed E-state index contributed by atoms with van der Waals surface area (Å²) in [6.45, 7) is 0. The monoisotopic (exact) mass is 741 g/mol. The lowest BCUT2D eigenvalue weighted by Crippen LogP contribution is -2.26. The highest BCUT2D eigenvalue weighted by Crippen LogP contribution is 2.64. The minimum atomic E-state index is -0.413. The van der Waals surface area contributed by atoms with E-state index in [2.05, 4.69) is 217 Å². The van der Waals surface area contributed by atoms with Gasteiger partial charge >= 0.3 is 0 Å². The molecule has 2 aliphatic rings. The second-order valence-electron chi connectivity index (χ2n) is 15.2. The van der Waals surface area contributed by atoms with E-state index in [1.54, 1.807) is 0 Å². The van der Waals surface area contributed by atoms with Gasteiger partial charge in [0.2, 0.25) is 0 Å². The van der Waals surface area contributed by atoms with E-state index in [0.29, 0.717) is 0 Å². The molecule has 0 radical (unpaired) electrons. The Labute approximate surface area is 336 Å². The molecule has 57 heavy (non-hydrogen) atoms. The van der Waals surface area contributed by atoms with Crippen molar-refractivity contribution in [1.82, 2.24) is 0 Å². The Morgan fingerprint density at radius 1 is 0.333 bits per heavy atom. The normalized spacial score (nSPS) is 13.1. The standard InChI is InChI=1S/C55H35NS/c1-3-14-36(15-4-1)38-26-29-40(30-27-38)56(41-31-33-45-44-32-28-39(37-16-5-2-6-17-37)34-52(44)57-53(45)35-41)51-25-13-24-50-54(51)46-20-9-12-23-49(46)55(50)47-21-10-7-18-42(47)43-19-8-11-22-48(43)55/h1-35H. The van der Waals surface area contributed by atoms with Gasteiger partial charge in [0, 0.05) is 37.1 Å². The molecule has 0 saturated carbocycles. The first-order chi connectivity index (χ1) is 28.3. The lowest BCUT2D eigenvalue weighted by Gasteiger charge is -2.32. The molecule has 266 valence electrons. The molecular formula is C55H35NS. The Hall–Kier alpha value is -7.00. The van der Waals surface area contributed by atoms with Crippen molar-refractivity contribution < 1.29 is 0 Å². The lowest BCUT2D eigenvalue weighted by molar-refractivity contribution is 0.794. The fourth-order valence-electron chi connectivity index (χ4n) is 9.89. The molecule has 2 aliphatic carbocycles. The van der Waals surface area contributed by atoms with Crippen molar-refractivity contribution in [2.45, 2.75) is 5.41 Å². The summed E-state index contributed by atoms with van der Waals surface area (Å²) in [5, 5.41) is 2.59. The molecule has 2 heteroatoms. The van der Waals surface area contributed by atoms with Crippen LogP contribution in [0.1, 0.15) is 22.3 Å². The SMILES string of the molecule is c1ccc(-c2ccc(N(c3ccc4c(c3)sc3cc(-c5ccccc5)ccc34)c3cccc4c3-c3ccccc3C43c4ccccc4-c4ccccc43)cc2)cc1. The van der Waals surface area contributed by atoms with Crippen LogP contribution >= 0.6 is 11.3 Å². The maximum absolute atomic E-state index is 2.50. The summed E-state index contributed by atoms with van der Waals surface area (Å²) in [6, 6.07) is 78.7. The van der Waals surface area contributed by atoms with Gasteiger partial charge in [0.25, 0.3) is 0 Å². The van der Waals surface area contributed by atoms with Crippen molar-refractivity contribution >= 4 is 48.6 Å². The first-order valence-electron chi connectivity index (χ1n) is 19.7. The maximum Gasteiger partial charge on any atom is 0.0726 e. The molecule has 0 amide bonds. The van der Waals surface area contributed by atoms with Crippen molar-refractivity contribution in [3.8, 4) is 44.5 Å². The molecule has 9 aromatic carbocycles. The minimum absolute atomic E-state index is 0.413. The van der Waals surface area contributed by atoms with Gasteiger partial charge in [0.1, 0.15) is 0 Å². The van der Waals surface area contributed by atoms with E-state index in [9.17, 15) is 0 Å². The summed E-state index contributed by atoms with van der Waals surface area (Å²) >= 11 is 1.88. The predicted molar refractivity (Wildman–Crippen MR) is 241 cm³/mol. The van der Waals surface area contributed by atoms with Crippen molar-refractivity contribution in [2.24, 2.45) is 0 Å². The molecule has 0 atom stereocenters. The molecule has 1 nitrogen and oxygen atoms in total. The Bertz CT molecular complexity index is 3130. The van der Waals surface area contributed by atoms with Gasteiger partial charge in [0.15, 0.2) is 0 Å². The highest BCUT2D eigenvalue weighted by Gasteiger charge is 2.52. The molecule has 10 aromatic rings. The average Bonchev–Trinajstić information content (AvgIpc) is 3.91. The maximum atomic E-state index is 2.50. The Morgan fingerprint density at radius 2 is 0.807 bits per heavy atom. The number of nitrogens with zero attached hydrogens (tertiary/aromatic N) is 1. The number of benzene rings is 9. The van der Waals surface area contributed by atoms with Gasteiger partial charge in [-0.15, -0.1) is 11.3 Å². The first kappa shape index (κ1) is 32.3. The number of thiophene rings is 1. The zero-order chi connectivity index (χ0) is 37.5. The van der Waals surface area contributed by atoms with Crippen molar-refractivity contribution in [2.75, 3.05) is 4.90 Å². The minimum Gasteiger partial charge on any atom is -0.310 e. The summed E-state index contributed by atoms with van der Waals surface area (Å²) < 4.78 is 2.58. The molecule has 1 spiro atoms. The largest absolute Gasteiger partial charge is 0.310 e. The van der Waals surface area contributed by atoms with Crippen LogP contribution in [0.3, 0.4) is 0 Å². The number of hydrogen-bond acceptors (Lipinski definition) is 2. The van der Waals surface area contributed by atoms with Crippen LogP contribution in [0.4, 0.5) is 17.1 Å². The van der Waals surface area contributed by atoms with Crippen LogP contribution in [0.25, 0.3) is 64.7 Å². The van der Waals surface area contributed by atoms with E-state index < -0.39 is 5.41 Å². The van der Waals surface area contributed by atoms with E-state index in [0.717, 1.165) is 11.4 Å². The Morgan fingerprint density at radius 3 is 1.47 bits per heavy atom. The van der Waals surface area contributed by atoms with E-state index in [1.807, 2.05) is 11.3 Å². The van der Waals surface area contributed by atoms with Crippen LogP contribution in [0.15, 0.2) is 212 Å². The highest BCUT2D eigenvalue weighted by atomic mass is 32.1. The third-order valence-corrected chi connectivity index (χ3v) is 13.4. The van der Waals surface area contributed by atoms with Gasteiger partial charge in [-0.05, 0) is 97.6 Å². The van der Waals surface area contributed by atoms with Gasteiger partial charge in [-0.1, -0.05) is 176 Å². The van der Waals surface area contributed by atoms with Gasteiger partial charge in [-0.25, -0.2) is 0 Å². The van der Waals surface area contributed by atoms with E-state index in [-0.39, 0.29) is 0 Å². The van der Waals surface area contributed by atoms with Crippen LogP contribution in [0.5, 0.6) is 0 Å². The molecule has 0 aliphatic heterocycles. The van der Waals surface area contributed by atoms with Gasteiger partial charge in [-0.3, -0.25) is 0 Å². The van der Waals surface area contributed by atoms with Gasteiger partial charge < -0.3 is 4.90 Å². The zero-order valence-electron chi connectivity index (χ0n) is 31.1. The average molecular weight is 742 g/mol. The Kier molecular flexibility index (Phi) is 7.08. The second-order valence-corrected chi connectivity index (χ2v) is 16.3. The van der Waals surface area contributed by atoms with Crippen molar-refractivity contribution in [1.29, 1.82) is 0 Å². The summed E-state index contributed by atoms with van der Waals surface area (Å²) in [6.07, 6.45) is 0. The predicted octanol–water partition coefficient (Wildman–Crippen LogP) is 15.2. The van der Waals surface area contributed by atoms with Crippen LogP contribution in [-0.4, -0.2) is 0 Å². The van der Waals surface area contributed by atoms with Crippen LogP contribution in [0.2, 0.25) is 0 Å². The fourth-order valence-corrected chi connectivity index (χ4v) is 11.1. The first-order valence-corrected chi connectivity index (χ1v) is 20.5. The molecule has 0 N–H and O–H groups in total. The summed E-state index contributed by atoms with van der Waals surface area (Å²) in [4.78, 5) is 2.50. The molecule has 1 heterocycles. The second kappa shape index (κ2) is 12.5. The Balaban J connectivity index is 1.10. The topological polar surface area (TPSA) is 3.24 Å². The molecule has 0 unspecified atom stereocenters. The van der Waals surface area contributed by atoms with Crippen LogP contribution in [-0.2, 0) is 5.41 Å². The van der Waals surface area contributed by atoms with Crippen LogP contribution in [0, 0.1) is 0 Å².